The highest BCUT2D eigenvalue weighted by Crippen LogP contribution is 2.21. The summed E-state index contributed by atoms with van der Waals surface area (Å²) in [5, 5.41) is 26.1. The Labute approximate surface area is 135 Å². The van der Waals surface area contributed by atoms with Gasteiger partial charge in [0.25, 0.3) is 0 Å². The first-order valence-corrected chi connectivity index (χ1v) is 7.85. The molecule has 2 N–H and O–H groups in total. The van der Waals surface area contributed by atoms with Crippen LogP contribution in [-0.2, 0) is 17.8 Å². The number of aliphatic hydroxyl groups is 1. The minimum absolute atomic E-state index is 0.121. The lowest BCUT2D eigenvalue weighted by atomic mass is 10.0. The summed E-state index contributed by atoms with van der Waals surface area (Å²) in [6.07, 6.45) is 1.39. The van der Waals surface area contributed by atoms with Gasteiger partial charge >= 0.3 is 5.97 Å². The number of likely N-dealkylation sites (N-methyl/N-ethyl adjacent to an activating group) is 1. The first-order chi connectivity index (χ1) is 11.0. The average Bonchev–Trinajstić information content (AvgIpc) is 2.94. The highest BCUT2D eigenvalue weighted by atomic mass is 16.4. The molecule has 0 bridgehead atoms. The second-order valence-corrected chi connectivity index (χ2v) is 5.80. The van der Waals surface area contributed by atoms with Crippen molar-refractivity contribution in [3.05, 3.63) is 23.3 Å². The zero-order chi connectivity index (χ0) is 16.8. The molecule has 0 fully saturated rings. The number of hydrogen-bond donors (Lipinski definition) is 2. The second kappa shape index (κ2) is 8.03. The van der Waals surface area contributed by atoms with Gasteiger partial charge in [-0.1, -0.05) is 11.3 Å². The van der Waals surface area contributed by atoms with Crippen molar-refractivity contribution < 1.29 is 15.0 Å². The van der Waals surface area contributed by atoms with Gasteiger partial charge in [-0.3, -0.25) is 4.79 Å². The Morgan fingerprint density at radius 2 is 2.13 bits per heavy atom. The fourth-order valence-corrected chi connectivity index (χ4v) is 2.60. The smallest absolute Gasteiger partial charge is 0.303 e. The zero-order valence-corrected chi connectivity index (χ0v) is 13.7. The Hall–Kier alpha value is -1.99. The molecule has 126 valence electrons. The van der Waals surface area contributed by atoms with Crippen molar-refractivity contribution in [3.8, 4) is 0 Å². The number of fused-ring (bicyclic) bond motifs is 1. The van der Waals surface area contributed by atoms with Crippen LogP contribution in [0.3, 0.4) is 0 Å². The van der Waals surface area contributed by atoms with Gasteiger partial charge in [-0.25, -0.2) is 4.68 Å². The molecule has 1 aromatic heterocycles. The SMILES string of the molecule is Cc1c(CCC(=O)O)ccc2c1nnn2CCN(C)CCCO. The monoisotopic (exact) mass is 320 g/mol. The lowest BCUT2D eigenvalue weighted by Gasteiger charge is -2.15. The number of rotatable bonds is 9. The van der Waals surface area contributed by atoms with Crippen LogP contribution in [0.2, 0.25) is 0 Å². The Morgan fingerprint density at radius 1 is 1.35 bits per heavy atom. The van der Waals surface area contributed by atoms with Crippen molar-refractivity contribution in [2.45, 2.75) is 32.7 Å². The summed E-state index contributed by atoms with van der Waals surface area (Å²) in [7, 11) is 2.02. The number of carboxylic acids is 1. The van der Waals surface area contributed by atoms with Gasteiger partial charge in [-0.2, -0.15) is 0 Å². The molecule has 0 saturated heterocycles. The minimum Gasteiger partial charge on any atom is -0.481 e. The van der Waals surface area contributed by atoms with Gasteiger partial charge in [0.15, 0.2) is 0 Å². The van der Waals surface area contributed by atoms with Crippen molar-refractivity contribution >= 4 is 17.0 Å². The lowest BCUT2D eigenvalue weighted by Crippen LogP contribution is -2.25. The summed E-state index contributed by atoms with van der Waals surface area (Å²) in [5.41, 5.74) is 3.82. The number of carbonyl (C=O) groups is 1. The van der Waals surface area contributed by atoms with Crippen LogP contribution in [0.15, 0.2) is 12.1 Å². The van der Waals surface area contributed by atoms with E-state index >= 15 is 0 Å². The standard InChI is InChI=1S/C16H24N4O3/c1-12-13(5-7-15(22)23)4-6-14-16(12)17-18-20(14)10-9-19(2)8-3-11-21/h4,6,21H,3,5,7-11H2,1-2H3,(H,22,23). The van der Waals surface area contributed by atoms with Crippen LogP contribution in [0.5, 0.6) is 0 Å². The van der Waals surface area contributed by atoms with Crippen LogP contribution in [-0.4, -0.2) is 62.8 Å². The predicted molar refractivity (Wildman–Crippen MR) is 87.4 cm³/mol. The lowest BCUT2D eigenvalue weighted by molar-refractivity contribution is -0.136. The molecule has 1 heterocycles. The van der Waals surface area contributed by atoms with Gasteiger partial charge in [-0.15, -0.1) is 5.10 Å². The van der Waals surface area contributed by atoms with Gasteiger partial charge in [-0.05, 0) is 44.0 Å². The average molecular weight is 320 g/mol. The van der Waals surface area contributed by atoms with E-state index in [1.54, 1.807) is 0 Å². The molecular weight excluding hydrogens is 296 g/mol. The third-order valence-corrected chi connectivity index (χ3v) is 4.05. The molecule has 0 saturated carbocycles. The molecule has 0 aliphatic heterocycles. The van der Waals surface area contributed by atoms with Crippen molar-refractivity contribution in [1.82, 2.24) is 19.9 Å². The fourth-order valence-electron chi connectivity index (χ4n) is 2.60. The van der Waals surface area contributed by atoms with Gasteiger partial charge < -0.3 is 15.1 Å². The molecule has 1 aromatic carbocycles. The maximum Gasteiger partial charge on any atom is 0.303 e. The summed E-state index contributed by atoms with van der Waals surface area (Å²) in [4.78, 5) is 12.9. The van der Waals surface area contributed by atoms with Gasteiger partial charge in [0.05, 0.1) is 12.1 Å². The van der Waals surface area contributed by atoms with E-state index in [-0.39, 0.29) is 13.0 Å². The van der Waals surface area contributed by atoms with E-state index in [9.17, 15) is 4.79 Å². The number of aromatic nitrogens is 3. The van der Waals surface area contributed by atoms with Crippen molar-refractivity contribution in [2.75, 3.05) is 26.7 Å². The van der Waals surface area contributed by atoms with Gasteiger partial charge in [0.1, 0.15) is 5.52 Å². The Balaban J connectivity index is 2.09. The molecule has 2 rings (SSSR count). The summed E-state index contributed by atoms with van der Waals surface area (Å²) in [5.74, 6) is -0.793. The molecule has 0 radical (unpaired) electrons. The Morgan fingerprint density at radius 3 is 2.83 bits per heavy atom. The van der Waals surface area contributed by atoms with Crippen molar-refractivity contribution in [2.24, 2.45) is 0 Å². The molecule has 0 amide bonds. The van der Waals surface area contributed by atoms with Crippen molar-refractivity contribution in [3.63, 3.8) is 0 Å². The van der Waals surface area contributed by atoms with Crippen molar-refractivity contribution in [1.29, 1.82) is 0 Å². The van der Waals surface area contributed by atoms with E-state index in [0.717, 1.165) is 48.2 Å². The number of aliphatic hydroxyl groups excluding tert-OH is 1. The molecule has 7 nitrogen and oxygen atoms in total. The highest BCUT2D eigenvalue weighted by Gasteiger charge is 2.11. The molecule has 2 aromatic rings. The number of aliphatic carboxylic acids is 1. The summed E-state index contributed by atoms with van der Waals surface area (Å²) in [6.45, 7) is 4.58. The third kappa shape index (κ3) is 4.49. The molecule has 23 heavy (non-hydrogen) atoms. The fraction of sp³-hybridized carbons (Fsp3) is 0.562. The number of aryl methyl sites for hydroxylation is 2. The number of benzene rings is 1. The molecule has 0 aliphatic carbocycles. The maximum absolute atomic E-state index is 10.7. The normalized spacial score (nSPS) is 11.5. The van der Waals surface area contributed by atoms with E-state index in [1.165, 1.54) is 0 Å². The number of hydrogen-bond acceptors (Lipinski definition) is 5. The number of nitrogens with zero attached hydrogens (tertiary/aromatic N) is 4. The molecule has 0 atom stereocenters. The molecule has 7 heteroatoms. The first kappa shape index (κ1) is 17.4. The highest BCUT2D eigenvalue weighted by molar-refractivity contribution is 5.79. The number of carboxylic acid groups (broad SMARTS) is 1. The van der Waals surface area contributed by atoms with Crippen LogP contribution in [0, 0.1) is 6.92 Å². The van der Waals surface area contributed by atoms with Crippen LogP contribution in [0.25, 0.3) is 11.0 Å². The van der Waals surface area contributed by atoms with Gasteiger partial charge in [0, 0.05) is 26.1 Å². The van der Waals surface area contributed by atoms with Crippen LogP contribution in [0.4, 0.5) is 0 Å². The Bertz CT molecular complexity index is 669. The quantitative estimate of drug-likeness (QED) is 0.718. The first-order valence-electron chi connectivity index (χ1n) is 7.85. The zero-order valence-electron chi connectivity index (χ0n) is 13.7. The third-order valence-electron chi connectivity index (χ3n) is 4.05. The van der Waals surface area contributed by atoms with E-state index in [4.69, 9.17) is 10.2 Å². The van der Waals surface area contributed by atoms with E-state index in [1.807, 2.05) is 30.8 Å². The van der Waals surface area contributed by atoms with Crippen LogP contribution >= 0.6 is 0 Å². The van der Waals surface area contributed by atoms with Crippen LogP contribution < -0.4 is 0 Å². The molecular formula is C16H24N4O3. The molecule has 0 spiro atoms. The summed E-state index contributed by atoms with van der Waals surface area (Å²) >= 11 is 0. The largest absolute Gasteiger partial charge is 0.481 e. The molecule has 0 aliphatic rings. The maximum atomic E-state index is 10.7. The van der Waals surface area contributed by atoms with Gasteiger partial charge in [0.2, 0.25) is 0 Å². The topological polar surface area (TPSA) is 91.5 Å². The summed E-state index contributed by atoms with van der Waals surface area (Å²) in [6, 6.07) is 3.93. The minimum atomic E-state index is -0.793. The molecule has 0 unspecified atom stereocenters. The van der Waals surface area contributed by atoms with E-state index in [0.29, 0.717) is 6.42 Å². The summed E-state index contributed by atoms with van der Waals surface area (Å²) < 4.78 is 1.87. The van der Waals surface area contributed by atoms with E-state index in [2.05, 4.69) is 15.2 Å². The Kier molecular flexibility index (Phi) is 6.06. The van der Waals surface area contributed by atoms with E-state index < -0.39 is 5.97 Å². The second-order valence-electron chi connectivity index (χ2n) is 5.80. The predicted octanol–water partition coefficient (Wildman–Crippen LogP) is 1.07. The van der Waals surface area contributed by atoms with Crippen LogP contribution in [0.1, 0.15) is 24.0 Å².